The largest absolute Gasteiger partial charge is 0.493 e. The van der Waals surface area contributed by atoms with Gasteiger partial charge in [0.25, 0.3) is 0 Å². The molecular weight excluding hydrogens is 450 g/mol. The van der Waals surface area contributed by atoms with Crippen LogP contribution >= 0.6 is 11.8 Å². The van der Waals surface area contributed by atoms with Gasteiger partial charge in [-0.3, -0.25) is 0 Å². The zero-order chi connectivity index (χ0) is 23.3. The van der Waals surface area contributed by atoms with Crippen molar-refractivity contribution in [1.82, 2.24) is 9.97 Å². The molecule has 0 aliphatic rings. The number of rotatable bonds is 8. The summed E-state index contributed by atoms with van der Waals surface area (Å²) in [7, 11) is -0.676. The number of hydrogen-bond donors (Lipinski definition) is 2. The van der Waals surface area contributed by atoms with E-state index in [1.807, 2.05) is 6.26 Å². The van der Waals surface area contributed by atoms with Crippen LogP contribution in [0.3, 0.4) is 0 Å². The first-order chi connectivity index (χ1) is 15.3. The molecule has 0 aliphatic heterocycles. The third-order valence-electron chi connectivity index (χ3n) is 4.55. The Morgan fingerprint density at radius 1 is 1.09 bits per heavy atom. The van der Waals surface area contributed by atoms with E-state index in [0.717, 1.165) is 5.56 Å². The molecule has 0 unspecified atom stereocenters. The second-order valence-corrected chi connectivity index (χ2v) is 8.84. The van der Waals surface area contributed by atoms with E-state index in [2.05, 4.69) is 21.4 Å². The molecule has 0 fully saturated rings. The van der Waals surface area contributed by atoms with Crippen LogP contribution in [-0.4, -0.2) is 38.9 Å². The van der Waals surface area contributed by atoms with Gasteiger partial charge >= 0.3 is 0 Å². The molecule has 3 rings (SSSR count). The molecule has 9 nitrogen and oxygen atoms in total. The van der Waals surface area contributed by atoms with Crippen molar-refractivity contribution in [2.45, 2.75) is 16.6 Å². The number of nitrogens with two attached hydrogens (primary N) is 1. The highest BCUT2D eigenvalue weighted by Crippen LogP contribution is 2.35. The predicted molar refractivity (Wildman–Crippen MR) is 122 cm³/mol. The van der Waals surface area contributed by atoms with Crippen molar-refractivity contribution >= 4 is 27.6 Å². The number of nitrogens with zero attached hydrogens (tertiary/aromatic N) is 3. The molecule has 3 N–H and O–H groups in total. The van der Waals surface area contributed by atoms with Crippen LogP contribution in [0.25, 0.3) is 11.3 Å². The van der Waals surface area contributed by atoms with Crippen LogP contribution in [0.1, 0.15) is 11.1 Å². The minimum absolute atomic E-state index is 0.0291. The maximum atomic E-state index is 11.4. The van der Waals surface area contributed by atoms with Crippen molar-refractivity contribution in [3.8, 4) is 28.8 Å². The number of methoxy groups -OCH3 is 2. The second-order valence-electron chi connectivity index (χ2n) is 6.51. The lowest BCUT2D eigenvalue weighted by atomic mass is 10.1. The second kappa shape index (κ2) is 9.86. The lowest BCUT2D eigenvalue weighted by Gasteiger charge is -2.14. The van der Waals surface area contributed by atoms with Crippen molar-refractivity contribution < 1.29 is 17.9 Å². The Hall–Kier alpha value is -3.33. The number of nitriles is 1. The van der Waals surface area contributed by atoms with Crippen LogP contribution in [0.15, 0.2) is 52.5 Å². The number of benzene rings is 2. The van der Waals surface area contributed by atoms with Gasteiger partial charge in [0.15, 0.2) is 16.7 Å². The Morgan fingerprint density at radius 3 is 2.34 bits per heavy atom. The summed E-state index contributed by atoms with van der Waals surface area (Å²) in [4.78, 5) is 9.00. The number of thioether (sulfide) groups is 1. The Balaban J connectivity index is 1.98. The molecule has 2 aromatic carbocycles. The van der Waals surface area contributed by atoms with Crippen LogP contribution < -0.4 is 19.9 Å². The maximum Gasteiger partial charge on any atom is 0.238 e. The van der Waals surface area contributed by atoms with Crippen LogP contribution in [0.2, 0.25) is 0 Å². The highest BCUT2D eigenvalue weighted by Gasteiger charge is 2.18. The number of nitrogens with one attached hydrogen (secondary N) is 1. The van der Waals surface area contributed by atoms with Gasteiger partial charge in [-0.05, 0) is 42.2 Å². The predicted octanol–water partition coefficient (Wildman–Crippen LogP) is 3.01. The molecule has 1 aromatic heterocycles. The quantitative estimate of drug-likeness (QED) is 0.375. The van der Waals surface area contributed by atoms with E-state index in [0.29, 0.717) is 40.3 Å². The fourth-order valence-electron chi connectivity index (χ4n) is 2.94. The summed E-state index contributed by atoms with van der Waals surface area (Å²) in [5.74, 6) is 1.45. The summed E-state index contributed by atoms with van der Waals surface area (Å²) in [6.45, 7) is 0.315. The number of anilines is 1. The Labute approximate surface area is 190 Å². The number of aromatic nitrogens is 2. The van der Waals surface area contributed by atoms with Gasteiger partial charge in [-0.15, -0.1) is 0 Å². The van der Waals surface area contributed by atoms with Gasteiger partial charge in [0.05, 0.1) is 24.8 Å². The summed E-state index contributed by atoms with van der Waals surface area (Å²) in [5, 5.41) is 18.6. The number of primary sulfonamides is 1. The molecule has 1 heterocycles. The molecule has 11 heteroatoms. The minimum Gasteiger partial charge on any atom is -0.493 e. The van der Waals surface area contributed by atoms with Gasteiger partial charge in [0.2, 0.25) is 10.0 Å². The SMILES string of the molecule is COc1ccc(-c2nc(SC)nc(NCc3ccc(S(N)(=O)=O)cc3)c2C#N)cc1OC. The molecular formula is C21H21N5O4S2. The normalized spacial score (nSPS) is 11.0. The van der Waals surface area contributed by atoms with E-state index < -0.39 is 10.0 Å². The summed E-state index contributed by atoms with van der Waals surface area (Å²) in [5.41, 5.74) is 2.20. The molecule has 0 saturated heterocycles. The monoisotopic (exact) mass is 471 g/mol. The van der Waals surface area contributed by atoms with E-state index in [-0.39, 0.29) is 10.5 Å². The molecule has 0 aliphatic carbocycles. The molecule has 3 aromatic rings. The third kappa shape index (κ3) is 5.11. The highest BCUT2D eigenvalue weighted by atomic mass is 32.2. The van der Waals surface area contributed by atoms with Gasteiger partial charge in [-0.1, -0.05) is 23.9 Å². The first-order valence-corrected chi connectivity index (χ1v) is 12.0. The smallest absolute Gasteiger partial charge is 0.238 e. The average molecular weight is 472 g/mol. The van der Waals surface area contributed by atoms with E-state index in [9.17, 15) is 13.7 Å². The Morgan fingerprint density at radius 2 is 1.78 bits per heavy atom. The fraction of sp³-hybridized carbons (Fsp3) is 0.190. The van der Waals surface area contributed by atoms with Crippen LogP contribution in [-0.2, 0) is 16.6 Å². The molecule has 0 radical (unpaired) electrons. The van der Waals surface area contributed by atoms with E-state index in [1.54, 1.807) is 37.4 Å². The number of hydrogen-bond acceptors (Lipinski definition) is 9. The molecule has 0 spiro atoms. The third-order valence-corrected chi connectivity index (χ3v) is 6.03. The van der Waals surface area contributed by atoms with Gasteiger partial charge in [0, 0.05) is 12.1 Å². The zero-order valence-corrected chi connectivity index (χ0v) is 19.3. The average Bonchev–Trinajstić information content (AvgIpc) is 2.81. The topological polar surface area (TPSA) is 140 Å². The van der Waals surface area contributed by atoms with Crippen LogP contribution in [0, 0.1) is 11.3 Å². The Kier molecular flexibility index (Phi) is 7.19. The van der Waals surface area contributed by atoms with Crippen molar-refractivity contribution in [3.63, 3.8) is 0 Å². The molecule has 0 bridgehead atoms. The molecule has 32 heavy (non-hydrogen) atoms. The Bertz CT molecular complexity index is 1270. The van der Waals surface area contributed by atoms with Crippen LogP contribution in [0.5, 0.6) is 11.5 Å². The van der Waals surface area contributed by atoms with E-state index in [1.165, 1.54) is 31.0 Å². The summed E-state index contributed by atoms with van der Waals surface area (Å²) in [6, 6.07) is 13.6. The fourth-order valence-corrected chi connectivity index (χ4v) is 3.82. The maximum absolute atomic E-state index is 11.4. The highest BCUT2D eigenvalue weighted by molar-refractivity contribution is 7.98. The van der Waals surface area contributed by atoms with Gasteiger partial charge in [-0.25, -0.2) is 23.5 Å². The van der Waals surface area contributed by atoms with Gasteiger partial charge < -0.3 is 14.8 Å². The van der Waals surface area contributed by atoms with E-state index >= 15 is 0 Å². The van der Waals surface area contributed by atoms with Gasteiger partial charge in [0.1, 0.15) is 17.5 Å². The minimum atomic E-state index is -3.76. The molecule has 166 valence electrons. The molecule has 0 saturated carbocycles. The standard InChI is InChI=1S/C21H21N5O4S2/c1-29-17-9-6-14(10-18(17)30-2)19-16(11-22)20(26-21(25-19)31-3)24-12-13-4-7-15(8-5-13)32(23,27)28/h4-10H,12H2,1-3H3,(H2,23,27,28)(H,24,25,26). The van der Waals surface area contributed by atoms with Crippen molar-refractivity contribution in [2.24, 2.45) is 5.14 Å². The lowest BCUT2D eigenvalue weighted by molar-refractivity contribution is 0.355. The summed E-state index contributed by atoms with van der Waals surface area (Å²) < 4.78 is 33.5. The summed E-state index contributed by atoms with van der Waals surface area (Å²) in [6.07, 6.45) is 1.84. The zero-order valence-electron chi connectivity index (χ0n) is 17.6. The van der Waals surface area contributed by atoms with Crippen molar-refractivity contribution in [1.29, 1.82) is 5.26 Å². The first-order valence-electron chi connectivity index (χ1n) is 9.24. The number of sulfonamides is 1. The summed E-state index contributed by atoms with van der Waals surface area (Å²) >= 11 is 1.35. The van der Waals surface area contributed by atoms with Crippen molar-refractivity contribution in [3.05, 3.63) is 53.6 Å². The molecule has 0 amide bonds. The lowest BCUT2D eigenvalue weighted by Crippen LogP contribution is -2.12. The van der Waals surface area contributed by atoms with Crippen LogP contribution in [0.4, 0.5) is 5.82 Å². The van der Waals surface area contributed by atoms with Gasteiger partial charge in [-0.2, -0.15) is 5.26 Å². The van der Waals surface area contributed by atoms with Crippen molar-refractivity contribution in [2.75, 3.05) is 25.8 Å². The molecule has 0 atom stereocenters. The first kappa shape index (κ1) is 23.3. The van der Waals surface area contributed by atoms with E-state index in [4.69, 9.17) is 14.6 Å². The number of ether oxygens (including phenoxy) is 2.